The molecule has 2 atom stereocenters. The van der Waals surface area contributed by atoms with E-state index in [1.165, 1.54) is 18.9 Å². The fourth-order valence-electron chi connectivity index (χ4n) is 3.15. The number of carbonyl (C=O) groups is 2. The van der Waals surface area contributed by atoms with Crippen molar-refractivity contribution in [1.82, 2.24) is 5.32 Å². The van der Waals surface area contributed by atoms with Crippen LogP contribution in [0.5, 0.6) is 0 Å². The monoisotopic (exact) mass is 490 g/mol. The smallest absolute Gasteiger partial charge is 0.319 e. The molecule has 3 rings (SSSR count). The second kappa shape index (κ2) is 9.49. The van der Waals surface area contributed by atoms with Gasteiger partial charge in [0.1, 0.15) is 5.92 Å². The standard InChI is InChI=1S/C21H16BrClN2O3S/c1-28-21(27)18-17(12-6-4-7-14(22)9-12)15(10-24)20(25-19(18)26)29-11-13-5-2-3-8-16(13)23/h2-9,17-18H,11H2,1H3,(H,25,26)/t17-,18-/m0/s1. The van der Waals surface area contributed by atoms with Gasteiger partial charge >= 0.3 is 5.97 Å². The third-order valence-corrected chi connectivity index (χ3v) is 6.45. The van der Waals surface area contributed by atoms with E-state index in [9.17, 15) is 14.9 Å². The van der Waals surface area contributed by atoms with Crippen LogP contribution in [0.2, 0.25) is 5.02 Å². The Hall–Kier alpha value is -2.27. The summed E-state index contributed by atoms with van der Waals surface area (Å²) in [5.41, 5.74) is 1.87. The number of thioether (sulfide) groups is 1. The molecule has 2 aromatic carbocycles. The highest BCUT2D eigenvalue weighted by Crippen LogP contribution is 2.41. The van der Waals surface area contributed by atoms with E-state index in [0.717, 1.165) is 10.0 Å². The van der Waals surface area contributed by atoms with E-state index in [1.807, 2.05) is 24.3 Å². The van der Waals surface area contributed by atoms with Crippen molar-refractivity contribution >= 4 is 51.2 Å². The van der Waals surface area contributed by atoms with Gasteiger partial charge < -0.3 is 10.1 Å². The Morgan fingerprint density at radius 2 is 2.07 bits per heavy atom. The van der Waals surface area contributed by atoms with Crippen molar-refractivity contribution in [3.8, 4) is 6.07 Å². The molecular formula is C21H16BrClN2O3S. The van der Waals surface area contributed by atoms with Gasteiger partial charge in [-0.15, -0.1) is 11.8 Å². The van der Waals surface area contributed by atoms with Gasteiger partial charge in [-0.05, 0) is 29.3 Å². The minimum absolute atomic E-state index is 0.315. The van der Waals surface area contributed by atoms with Crippen molar-refractivity contribution in [2.24, 2.45) is 5.92 Å². The van der Waals surface area contributed by atoms with Crippen LogP contribution in [-0.2, 0) is 20.1 Å². The fraction of sp³-hybridized carbons (Fsp3) is 0.190. The van der Waals surface area contributed by atoms with Gasteiger partial charge in [-0.1, -0.05) is 57.9 Å². The lowest BCUT2D eigenvalue weighted by Gasteiger charge is -2.31. The maximum absolute atomic E-state index is 12.8. The summed E-state index contributed by atoms with van der Waals surface area (Å²) >= 11 is 10.9. The van der Waals surface area contributed by atoms with Crippen LogP contribution in [0.15, 0.2) is 63.6 Å². The first-order valence-corrected chi connectivity index (χ1v) is 10.8. The minimum Gasteiger partial charge on any atom is -0.468 e. The number of rotatable bonds is 5. The van der Waals surface area contributed by atoms with Gasteiger partial charge in [0.25, 0.3) is 0 Å². The Morgan fingerprint density at radius 3 is 2.72 bits per heavy atom. The molecule has 0 bridgehead atoms. The second-order valence-electron chi connectivity index (χ2n) is 6.26. The first kappa shape index (κ1) is 21.4. The van der Waals surface area contributed by atoms with E-state index < -0.39 is 23.7 Å². The lowest BCUT2D eigenvalue weighted by Crippen LogP contribution is -2.44. The van der Waals surface area contributed by atoms with Crippen LogP contribution in [0, 0.1) is 17.2 Å². The highest BCUT2D eigenvalue weighted by Gasteiger charge is 2.44. The number of amides is 1. The van der Waals surface area contributed by atoms with E-state index >= 15 is 0 Å². The molecule has 0 aromatic heterocycles. The molecule has 0 spiro atoms. The number of allylic oxidation sites excluding steroid dienone is 1. The van der Waals surface area contributed by atoms with Crippen LogP contribution in [0.25, 0.3) is 0 Å². The SMILES string of the molecule is COC(=O)[C@@H]1C(=O)NC(SCc2ccccc2Cl)=C(C#N)[C@@H]1c1cccc(Br)c1. The van der Waals surface area contributed by atoms with E-state index in [2.05, 4.69) is 27.3 Å². The molecule has 0 unspecified atom stereocenters. The zero-order chi connectivity index (χ0) is 21.0. The number of benzene rings is 2. The van der Waals surface area contributed by atoms with Gasteiger partial charge in [0, 0.05) is 21.2 Å². The molecule has 148 valence electrons. The lowest BCUT2D eigenvalue weighted by molar-refractivity contribution is -0.150. The zero-order valence-electron chi connectivity index (χ0n) is 15.3. The first-order chi connectivity index (χ1) is 14.0. The number of esters is 1. The predicted octanol–water partition coefficient (Wildman–Crippen LogP) is 4.77. The Kier molecular flexibility index (Phi) is 7.01. The normalized spacial score (nSPS) is 18.8. The maximum atomic E-state index is 12.8. The molecule has 2 aromatic rings. The van der Waals surface area contributed by atoms with Gasteiger partial charge in [0.05, 0.1) is 23.8 Å². The third kappa shape index (κ3) is 4.67. The highest BCUT2D eigenvalue weighted by atomic mass is 79.9. The molecular weight excluding hydrogens is 476 g/mol. The number of halogens is 2. The van der Waals surface area contributed by atoms with Gasteiger partial charge in [0.2, 0.25) is 5.91 Å². The number of hydrogen-bond acceptors (Lipinski definition) is 5. The molecule has 5 nitrogen and oxygen atoms in total. The molecule has 0 saturated carbocycles. The molecule has 1 heterocycles. The minimum atomic E-state index is -1.14. The zero-order valence-corrected chi connectivity index (χ0v) is 18.5. The lowest BCUT2D eigenvalue weighted by atomic mass is 9.78. The first-order valence-electron chi connectivity index (χ1n) is 8.61. The highest BCUT2D eigenvalue weighted by molar-refractivity contribution is 9.10. The van der Waals surface area contributed by atoms with Crippen molar-refractivity contribution < 1.29 is 14.3 Å². The second-order valence-corrected chi connectivity index (χ2v) is 8.57. The Bertz CT molecular complexity index is 1030. The summed E-state index contributed by atoms with van der Waals surface area (Å²) in [4.78, 5) is 25.2. The number of methoxy groups -OCH3 is 1. The summed E-state index contributed by atoms with van der Waals surface area (Å²) in [6, 6.07) is 16.8. The summed E-state index contributed by atoms with van der Waals surface area (Å²) in [7, 11) is 1.23. The van der Waals surface area contributed by atoms with Crippen molar-refractivity contribution in [1.29, 1.82) is 5.26 Å². The molecule has 0 saturated heterocycles. The molecule has 0 fully saturated rings. The topological polar surface area (TPSA) is 79.2 Å². The number of nitrogens with one attached hydrogen (secondary N) is 1. The molecule has 0 aliphatic carbocycles. The summed E-state index contributed by atoms with van der Waals surface area (Å²) in [5, 5.41) is 13.7. The van der Waals surface area contributed by atoms with Crippen LogP contribution in [-0.4, -0.2) is 19.0 Å². The van der Waals surface area contributed by atoms with Crippen LogP contribution in [0.4, 0.5) is 0 Å². The summed E-state index contributed by atoms with van der Waals surface area (Å²) in [5.74, 6) is -2.60. The van der Waals surface area contributed by atoms with Crippen LogP contribution < -0.4 is 5.32 Å². The maximum Gasteiger partial charge on any atom is 0.319 e. The van der Waals surface area contributed by atoms with Crippen molar-refractivity contribution in [2.45, 2.75) is 11.7 Å². The van der Waals surface area contributed by atoms with Gasteiger partial charge in [0.15, 0.2) is 0 Å². The molecule has 29 heavy (non-hydrogen) atoms. The van der Waals surface area contributed by atoms with Crippen LogP contribution >= 0.6 is 39.3 Å². The Morgan fingerprint density at radius 1 is 1.31 bits per heavy atom. The molecule has 1 amide bonds. The predicted molar refractivity (Wildman–Crippen MR) is 116 cm³/mol. The molecule has 8 heteroatoms. The Labute approximate surface area is 186 Å². The molecule has 1 aliphatic heterocycles. The number of ether oxygens (including phenoxy) is 1. The molecule has 0 radical (unpaired) electrons. The molecule has 1 N–H and O–H groups in total. The van der Waals surface area contributed by atoms with Gasteiger partial charge in [-0.25, -0.2) is 0 Å². The average molecular weight is 492 g/mol. The van der Waals surface area contributed by atoms with Crippen LogP contribution in [0.1, 0.15) is 17.0 Å². The van der Waals surface area contributed by atoms with Gasteiger partial charge in [-0.2, -0.15) is 5.26 Å². The third-order valence-electron chi connectivity index (χ3n) is 4.52. The summed E-state index contributed by atoms with van der Waals surface area (Å²) in [6.45, 7) is 0. The number of nitrogens with zero attached hydrogens (tertiary/aromatic N) is 1. The van der Waals surface area contributed by atoms with E-state index in [0.29, 0.717) is 26.9 Å². The van der Waals surface area contributed by atoms with E-state index in [4.69, 9.17) is 16.3 Å². The summed E-state index contributed by atoms with van der Waals surface area (Å²) < 4.78 is 5.63. The largest absolute Gasteiger partial charge is 0.468 e. The Balaban J connectivity index is 2.04. The quantitative estimate of drug-likeness (QED) is 0.481. The van der Waals surface area contributed by atoms with Crippen molar-refractivity contribution in [3.63, 3.8) is 0 Å². The number of carbonyl (C=O) groups excluding carboxylic acids is 2. The van der Waals surface area contributed by atoms with Crippen LogP contribution in [0.3, 0.4) is 0 Å². The summed E-state index contributed by atoms with van der Waals surface area (Å²) in [6.07, 6.45) is 0. The molecule has 1 aliphatic rings. The van der Waals surface area contributed by atoms with E-state index in [-0.39, 0.29) is 0 Å². The van der Waals surface area contributed by atoms with Gasteiger partial charge in [-0.3, -0.25) is 9.59 Å². The fourth-order valence-corrected chi connectivity index (χ4v) is 4.90. The van der Waals surface area contributed by atoms with Crippen molar-refractivity contribution in [3.05, 3.63) is 79.8 Å². The van der Waals surface area contributed by atoms with Crippen molar-refractivity contribution in [2.75, 3.05) is 7.11 Å². The number of nitriles is 1. The van der Waals surface area contributed by atoms with E-state index in [1.54, 1.807) is 24.3 Å². The average Bonchev–Trinajstić information content (AvgIpc) is 2.72. The number of hydrogen-bond donors (Lipinski definition) is 1.